The zero-order valence-electron chi connectivity index (χ0n) is 14.2. The topological polar surface area (TPSA) is 74.5 Å². The minimum Gasteiger partial charge on any atom is -0.491 e. The summed E-state index contributed by atoms with van der Waals surface area (Å²) in [5, 5.41) is 11.9. The Balaban J connectivity index is 1.86. The van der Waals surface area contributed by atoms with E-state index in [2.05, 4.69) is 17.5 Å². The highest BCUT2D eigenvalue weighted by Crippen LogP contribution is 2.21. The van der Waals surface area contributed by atoms with Gasteiger partial charge in [0.25, 0.3) is 0 Å². The van der Waals surface area contributed by atoms with Crippen molar-refractivity contribution >= 4 is 17.3 Å². The van der Waals surface area contributed by atoms with E-state index in [-0.39, 0.29) is 17.6 Å². The van der Waals surface area contributed by atoms with Gasteiger partial charge >= 0.3 is 0 Å². The van der Waals surface area contributed by atoms with Crippen LogP contribution in [0.3, 0.4) is 0 Å². The van der Waals surface area contributed by atoms with Gasteiger partial charge in [0.05, 0.1) is 12.3 Å². The maximum Gasteiger partial charge on any atom is 0.240 e. The summed E-state index contributed by atoms with van der Waals surface area (Å²) < 4.78 is 19.6. The zero-order chi connectivity index (χ0) is 17.5. The first-order chi connectivity index (χ1) is 11.5. The normalized spacial score (nSPS) is 15.5. The van der Waals surface area contributed by atoms with Crippen molar-refractivity contribution in [3.8, 4) is 5.75 Å². The summed E-state index contributed by atoms with van der Waals surface area (Å²) in [4.78, 5) is 11.1. The van der Waals surface area contributed by atoms with Crippen LogP contribution in [0.4, 0.5) is 4.39 Å². The number of benzene rings is 1. The molecule has 1 aromatic rings. The fraction of sp³-hybridized carbons (Fsp3) is 0.500. The lowest BCUT2D eigenvalue weighted by molar-refractivity contribution is -0.121. The summed E-state index contributed by atoms with van der Waals surface area (Å²) in [6.07, 6.45) is 3.19. The van der Waals surface area contributed by atoms with Crippen molar-refractivity contribution in [2.45, 2.75) is 46.0 Å². The van der Waals surface area contributed by atoms with Crippen LogP contribution in [0.5, 0.6) is 5.75 Å². The number of hydrazone groups is 1. The van der Waals surface area contributed by atoms with Crippen molar-refractivity contribution in [2.24, 2.45) is 11.0 Å². The Morgan fingerprint density at radius 2 is 2.25 bits per heavy atom. The second-order valence-corrected chi connectivity index (χ2v) is 6.03. The van der Waals surface area contributed by atoms with Crippen molar-refractivity contribution in [3.63, 3.8) is 0 Å². The Bertz CT molecular complexity index is 643. The molecular weight excluding hydrogens is 309 g/mol. The molecule has 24 heavy (non-hydrogen) atoms. The summed E-state index contributed by atoms with van der Waals surface area (Å²) in [7, 11) is 0. The van der Waals surface area contributed by atoms with Crippen LogP contribution < -0.4 is 10.2 Å². The molecule has 2 N–H and O–H groups in total. The molecule has 0 spiro atoms. The van der Waals surface area contributed by atoms with Gasteiger partial charge in [0.2, 0.25) is 5.91 Å². The predicted molar refractivity (Wildman–Crippen MR) is 92.2 cm³/mol. The second-order valence-electron chi connectivity index (χ2n) is 6.03. The molecular formula is C18H24FN3O2. The van der Waals surface area contributed by atoms with E-state index in [1.165, 1.54) is 6.07 Å². The van der Waals surface area contributed by atoms with E-state index in [0.717, 1.165) is 6.42 Å². The van der Waals surface area contributed by atoms with Gasteiger partial charge in [0.15, 0.2) is 11.6 Å². The molecule has 1 aromatic carbocycles. The Labute approximate surface area is 141 Å². The third-order valence-electron chi connectivity index (χ3n) is 4.22. The number of amides is 1. The van der Waals surface area contributed by atoms with Gasteiger partial charge in [-0.3, -0.25) is 4.79 Å². The van der Waals surface area contributed by atoms with Gasteiger partial charge in [-0.05, 0) is 43.4 Å². The van der Waals surface area contributed by atoms with E-state index in [1.807, 2.05) is 6.92 Å². The first-order valence-corrected chi connectivity index (χ1v) is 8.36. The SMILES string of the molecule is CC[C@@H](C)C(=N)CCCOc1ccc(C2=NNC(=O)CC2)cc1F. The predicted octanol–water partition coefficient (Wildman–Crippen LogP) is 3.66. The number of halogens is 1. The molecule has 0 saturated carbocycles. The highest BCUT2D eigenvalue weighted by atomic mass is 19.1. The average molecular weight is 333 g/mol. The smallest absolute Gasteiger partial charge is 0.240 e. The molecule has 1 amide bonds. The molecule has 0 radical (unpaired) electrons. The Morgan fingerprint density at radius 3 is 2.88 bits per heavy atom. The highest BCUT2D eigenvalue weighted by Gasteiger charge is 2.15. The maximum atomic E-state index is 14.1. The van der Waals surface area contributed by atoms with Gasteiger partial charge in [0.1, 0.15) is 0 Å². The Hall–Kier alpha value is -2.24. The van der Waals surface area contributed by atoms with Gasteiger partial charge in [-0.15, -0.1) is 0 Å². The Morgan fingerprint density at radius 1 is 1.46 bits per heavy atom. The maximum absolute atomic E-state index is 14.1. The fourth-order valence-corrected chi connectivity index (χ4v) is 2.42. The average Bonchev–Trinajstić information content (AvgIpc) is 2.59. The zero-order valence-corrected chi connectivity index (χ0v) is 14.2. The molecule has 1 heterocycles. The van der Waals surface area contributed by atoms with Crippen molar-refractivity contribution in [1.82, 2.24) is 5.43 Å². The number of carbonyl (C=O) groups excluding carboxylic acids is 1. The number of nitrogens with zero attached hydrogens (tertiary/aromatic N) is 1. The van der Waals surface area contributed by atoms with Gasteiger partial charge in [-0.25, -0.2) is 9.82 Å². The molecule has 1 atom stereocenters. The number of nitrogens with one attached hydrogen (secondary N) is 2. The molecule has 0 bridgehead atoms. The van der Waals surface area contributed by atoms with Crippen LogP contribution in [-0.4, -0.2) is 23.9 Å². The van der Waals surface area contributed by atoms with Crippen LogP contribution in [0.15, 0.2) is 23.3 Å². The van der Waals surface area contributed by atoms with Crippen molar-refractivity contribution < 1.29 is 13.9 Å². The number of rotatable bonds is 8. The summed E-state index contributed by atoms with van der Waals surface area (Å²) in [6.45, 7) is 4.48. The number of hydrogen-bond donors (Lipinski definition) is 2. The fourth-order valence-electron chi connectivity index (χ4n) is 2.42. The number of carbonyl (C=O) groups is 1. The van der Waals surface area contributed by atoms with E-state index in [0.29, 0.717) is 49.3 Å². The van der Waals surface area contributed by atoms with E-state index < -0.39 is 5.82 Å². The van der Waals surface area contributed by atoms with Crippen LogP contribution in [0, 0.1) is 17.1 Å². The van der Waals surface area contributed by atoms with Gasteiger partial charge in [0, 0.05) is 24.1 Å². The third-order valence-corrected chi connectivity index (χ3v) is 4.22. The minimum absolute atomic E-state index is 0.123. The van der Waals surface area contributed by atoms with Crippen LogP contribution in [0.25, 0.3) is 0 Å². The van der Waals surface area contributed by atoms with E-state index >= 15 is 0 Å². The molecule has 0 fully saturated rings. The van der Waals surface area contributed by atoms with Crippen molar-refractivity contribution in [1.29, 1.82) is 5.41 Å². The van der Waals surface area contributed by atoms with Gasteiger partial charge in [-0.1, -0.05) is 13.8 Å². The molecule has 0 aromatic heterocycles. The molecule has 130 valence electrons. The van der Waals surface area contributed by atoms with Gasteiger partial charge < -0.3 is 10.1 Å². The molecule has 6 heteroatoms. The summed E-state index contributed by atoms with van der Waals surface area (Å²) in [6, 6.07) is 4.71. The van der Waals surface area contributed by atoms with Crippen LogP contribution >= 0.6 is 0 Å². The quantitative estimate of drug-likeness (QED) is 0.563. The minimum atomic E-state index is -0.441. The van der Waals surface area contributed by atoms with E-state index in [1.54, 1.807) is 12.1 Å². The molecule has 2 rings (SSSR count). The Kier molecular flexibility index (Phi) is 6.46. The van der Waals surface area contributed by atoms with Crippen LogP contribution in [-0.2, 0) is 4.79 Å². The standard InChI is InChI=1S/C18H24FN3O2/c1-3-12(2)15(20)5-4-10-24-17-8-6-13(11-14(17)19)16-7-9-18(23)22-21-16/h6,8,11-12,20H,3-5,7,9-10H2,1-2H3,(H,22,23)/t12-/m1/s1. The van der Waals surface area contributed by atoms with Crippen LogP contribution in [0.2, 0.25) is 0 Å². The summed E-state index contributed by atoms with van der Waals surface area (Å²) in [5.74, 6) is -0.0710. The molecule has 0 unspecified atom stereocenters. The first kappa shape index (κ1) is 18.1. The lowest BCUT2D eigenvalue weighted by Gasteiger charge is -2.14. The molecule has 0 saturated heterocycles. The molecule has 1 aliphatic heterocycles. The largest absolute Gasteiger partial charge is 0.491 e. The molecule has 1 aliphatic rings. The van der Waals surface area contributed by atoms with Crippen molar-refractivity contribution in [3.05, 3.63) is 29.6 Å². The highest BCUT2D eigenvalue weighted by molar-refractivity contribution is 6.04. The van der Waals surface area contributed by atoms with E-state index in [4.69, 9.17) is 10.1 Å². The number of ether oxygens (including phenoxy) is 1. The third kappa shape index (κ3) is 4.88. The lowest BCUT2D eigenvalue weighted by Crippen LogP contribution is -2.25. The van der Waals surface area contributed by atoms with Crippen LogP contribution in [0.1, 0.15) is 51.5 Å². The molecule has 5 nitrogen and oxygen atoms in total. The lowest BCUT2D eigenvalue weighted by atomic mass is 9.99. The van der Waals surface area contributed by atoms with Gasteiger partial charge in [-0.2, -0.15) is 5.10 Å². The molecule has 0 aliphatic carbocycles. The monoisotopic (exact) mass is 333 g/mol. The number of hydrogen-bond acceptors (Lipinski definition) is 4. The summed E-state index contributed by atoms with van der Waals surface area (Å²) in [5.41, 5.74) is 4.44. The second kappa shape index (κ2) is 8.57. The van der Waals surface area contributed by atoms with E-state index in [9.17, 15) is 9.18 Å². The van der Waals surface area contributed by atoms with Crippen molar-refractivity contribution in [2.75, 3.05) is 6.61 Å². The first-order valence-electron chi connectivity index (χ1n) is 8.36. The summed E-state index contributed by atoms with van der Waals surface area (Å²) >= 11 is 0.